The van der Waals surface area contributed by atoms with E-state index >= 15 is 0 Å². The maximum Gasteiger partial charge on any atom is 0.219 e. The molecule has 3 N–H and O–H groups in total. The molecule has 0 aromatic rings. The number of rotatable bonds is 4. The third-order valence-electron chi connectivity index (χ3n) is 1.24. The lowest BCUT2D eigenvalue weighted by atomic mass is 10.1. The fourth-order valence-corrected chi connectivity index (χ4v) is 0.650. The molecule has 0 radical (unpaired) electrons. The van der Waals surface area contributed by atoms with Gasteiger partial charge in [-0.05, 0) is 14.0 Å². The summed E-state index contributed by atoms with van der Waals surface area (Å²) in [5.74, 6) is -0.532. The summed E-state index contributed by atoms with van der Waals surface area (Å²) in [5, 5.41) is 2.68. The minimum Gasteiger partial charge on any atom is -0.370 e. The Morgan fingerprint density at radius 3 is 2.20 bits per heavy atom. The van der Waals surface area contributed by atoms with Crippen molar-refractivity contribution in [2.75, 3.05) is 7.05 Å². The summed E-state index contributed by atoms with van der Waals surface area (Å²) in [5.41, 5.74) is 4.88. The molecular formula is C6H12N2O2. The second-order valence-electron chi connectivity index (χ2n) is 2.12. The van der Waals surface area contributed by atoms with Crippen LogP contribution in [0.5, 0.6) is 0 Å². The average Bonchev–Trinajstić information content (AvgIpc) is 1.81. The third kappa shape index (κ3) is 3.19. The van der Waals surface area contributed by atoms with Crippen LogP contribution >= 0.6 is 0 Å². The first kappa shape index (κ1) is 9.10. The van der Waals surface area contributed by atoms with Gasteiger partial charge < -0.3 is 11.1 Å². The van der Waals surface area contributed by atoms with Gasteiger partial charge in [0.1, 0.15) is 5.78 Å². The van der Waals surface area contributed by atoms with Crippen LogP contribution < -0.4 is 11.1 Å². The molecule has 1 unspecified atom stereocenters. The predicted molar refractivity (Wildman–Crippen MR) is 37.3 cm³/mol. The van der Waals surface area contributed by atoms with E-state index in [2.05, 4.69) is 5.32 Å². The highest BCUT2D eigenvalue weighted by Gasteiger charge is 2.13. The second-order valence-corrected chi connectivity index (χ2v) is 2.12. The van der Waals surface area contributed by atoms with E-state index in [9.17, 15) is 9.59 Å². The van der Waals surface area contributed by atoms with E-state index in [4.69, 9.17) is 5.73 Å². The maximum absolute atomic E-state index is 10.6. The Morgan fingerprint density at radius 2 is 2.10 bits per heavy atom. The van der Waals surface area contributed by atoms with Gasteiger partial charge in [-0.25, -0.2) is 0 Å². The van der Waals surface area contributed by atoms with Gasteiger partial charge in [0.05, 0.1) is 6.04 Å². The Hall–Kier alpha value is -0.900. The molecule has 4 heteroatoms. The van der Waals surface area contributed by atoms with E-state index in [1.165, 1.54) is 6.92 Å². The molecule has 0 saturated carbocycles. The van der Waals surface area contributed by atoms with Gasteiger partial charge in [0.15, 0.2) is 0 Å². The van der Waals surface area contributed by atoms with Crippen LogP contribution in [0.25, 0.3) is 0 Å². The average molecular weight is 144 g/mol. The number of amides is 1. The first-order valence-electron chi connectivity index (χ1n) is 3.04. The van der Waals surface area contributed by atoms with E-state index in [0.717, 1.165) is 0 Å². The van der Waals surface area contributed by atoms with Crippen LogP contribution in [0.3, 0.4) is 0 Å². The first-order valence-corrected chi connectivity index (χ1v) is 3.04. The van der Waals surface area contributed by atoms with E-state index < -0.39 is 11.9 Å². The quantitative estimate of drug-likeness (QED) is 0.533. The molecule has 0 aliphatic rings. The standard InChI is InChI=1S/C6H12N2O2/c1-4(9)5(8-2)3-6(7)10/h5,8H,3H2,1-2H3,(H2,7,10). The highest BCUT2D eigenvalue weighted by Crippen LogP contribution is 1.90. The molecule has 0 aromatic carbocycles. The van der Waals surface area contributed by atoms with Crippen LogP contribution in [0.15, 0.2) is 0 Å². The van der Waals surface area contributed by atoms with Crippen LogP contribution in [0.4, 0.5) is 0 Å². The van der Waals surface area contributed by atoms with Crippen molar-refractivity contribution in [1.82, 2.24) is 5.32 Å². The van der Waals surface area contributed by atoms with Gasteiger partial charge in [-0.3, -0.25) is 9.59 Å². The molecule has 0 aliphatic carbocycles. The zero-order valence-electron chi connectivity index (χ0n) is 6.18. The SMILES string of the molecule is CNC(CC(N)=O)C(C)=O. The van der Waals surface area contributed by atoms with Gasteiger partial charge >= 0.3 is 0 Å². The minimum atomic E-state index is -0.463. The lowest BCUT2D eigenvalue weighted by Crippen LogP contribution is -2.36. The van der Waals surface area contributed by atoms with E-state index in [1.807, 2.05) is 0 Å². The fourth-order valence-electron chi connectivity index (χ4n) is 0.650. The number of nitrogens with one attached hydrogen (secondary N) is 1. The van der Waals surface area contributed by atoms with Gasteiger partial charge in [0.25, 0.3) is 0 Å². The van der Waals surface area contributed by atoms with Crippen molar-refractivity contribution in [3.8, 4) is 0 Å². The number of Topliss-reactive ketones (excluding diaryl/α,β-unsaturated/α-hetero) is 1. The Labute approximate surface area is 59.8 Å². The molecule has 0 aromatic heterocycles. The number of carbonyl (C=O) groups excluding carboxylic acids is 2. The molecule has 0 bridgehead atoms. The number of ketones is 1. The largest absolute Gasteiger partial charge is 0.370 e. The predicted octanol–water partition coefficient (Wildman–Crippen LogP) is -0.961. The summed E-state index contributed by atoms with van der Waals surface area (Å²) in [4.78, 5) is 20.9. The summed E-state index contributed by atoms with van der Waals surface area (Å²) >= 11 is 0. The zero-order valence-corrected chi connectivity index (χ0v) is 6.18. The van der Waals surface area contributed by atoms with Gasteiger partial charge in [-0.1, -0.05) is 0 Å². The number of hydrogen-bond acceptors (Lipinski definition) is 3. The van der Waals surface area contributed by atoms with Gasteiger partial charge in [0.2, 0.25) is 5.91 Å². The monoisotopic (exact) mass is 144 g/mol. The molecular weight excluding hydrogens is 132 g/mol. The lowest BCUT2D eigenvalue weighted by molar-refractivity contribution is -0.124. The van der Waals surface area contributed by atoms with Crippen molar-refractivity contribution in [2.24, 2.45) is 5.73 Å². The molecule has 1 amide bonds. The van der Waals surface area contributed by atoms with Crippen LogP contribution in [-0.4, -0.2) is 24.8 Å². The topological polar surface area (TPSA) is 72.2 Å². The Morgan fingerprint density at radius 1 is 1.60 bits per heavy atom. The van der Waals surface area contributed by atoms with Crippen molar-refractivity contribution in [2.45, 2.75) is 19.4 Å². The Balaban J connectivity index is 3.83. The Bertz CT molecular complexity index is 145. The molecule has 1 atom stereocenters. The molecule has 10 heavy (non-hydrogen) atoms. The van der Waals surface area contributed by atoms with Crippen molar-refractivity contribution in [3.05, 3.63) is 0 Å². The third-order valence-corrected chi connectivity index (χ3v) is 1.24. The first-order chi connectivity index (χ1) is 4.57. The van der Waals surface area contributed by atoms with Crippen LogP contribution in [0, 0.1) is 0 Å². The number of likely N-dealkylation sites (N-methyl/N-ethyl adjacent to an activating group) is 1. The summed E-state index contributed by atoms with van der Waals surface area (Å²) in [6.07, 6.45) is 0.0752. The fraction of sp³-hybridized carbons (Fsp3) is 0.667. The second kappa shape index (κ2) is 4.00. The smallest absolute Gasteiger partial charge is 0.219 e. The van der Waals surface area contributed by atoms with E-state index in [-0.39, 0.29) is 12.2 Å². The van der Waals surface area contributed by atoms with Crippen molar-refractivity contribution < 1.29 is 9.59 Å². The lowest BCUT2D eigenvalue weighted by Gasteiger charge is -2.08. The van der Waals surface area contributed by atoms with E-state index in [1.54, 1.807) is 7.05 Å². The van der Waals surface area contributed by atoms with Crippen molar-refractivity contribution >= 4 is 11.7 Å². The highest BCUT2D eigenvalue weighted by molar-refractivity contribution is 5.87. The van der Waals surface area contributed by atoms with Crippen LogP contribution in [-0.2, 0) is 9.59 Å². The van der Waals surface area contributed by atoms with Gasteiger partial charge in [0, 0.05) is 6.42 Å². The number of primary amides is 1. The van der Waals surface area contributed by atoms with Gasteiger partial charge in [-0.2, -0.15) is 0 Å². The number of hydrogen-bond donors (Lipinski definition) is 2. The molecule has 0 rings (SSSR count). The molecule has 0 aliphatic heterocycles. The molecule has 0 spiro atoms. The number of carbonyl (C=O) groups is 2. The van der Waals surface area contributed by atoms with Crippen molar-refractivity contribution in [3.63, 3.8) is 0 Å². The highest BCUT2D eigenvalue weighted by atomic mass is 16.1. The molecule has 0 saturated heterocycles. The Kier molecular flexibility index (Phi) is 3.64. The molecule has 0 heterocycles. The summed E-state index contributed by atoms with van der Waals surface area (Å²) in [6, 6.07) is -0.419. The minimum absolute atomic E-state index is 0.0682. The van der Waals surface area contributed by atoms with Crippen LogP contribution in [0.2, 0.25) is 0 Å². The molecule has 0 fully saturated rings. The normalized spacial score (nSPS) is 12.6. The molecule has 4 nitrogen and oxygen atoms in total. The summed E-state index contributed by atoms with van der Waals surface area (Å²) in [6.45, 7) is 1.42. The van der Waals surface area contributed by atoms with Crippen molar-refractivity contribution in [1.29, 1.82) is 0 Å². The van der Waals surface area contributed by atoms with Crippen LogP contribution in [0.1, 0.15) is 13.3 Å². The van der Waals surface area contributed by atoms with Gasteiger partial charge in [-0.15, -0.1) is 0 Å². The van der Waals surface area contributed by atoms with E-state index in [0.29, 0.717) is 0 Å². The molecule has 58 valence electrons. The maximum atomic E-state index is 10.6. The summed E-state index contributed by atoms with van der Waals surface area (Å²) in [7, 11) is 1.62. The number of nitrogens with two attached hydrogens (primary N) is 1. The zero-order chi connectivity index (χ0) is 8.15. The summed E-state index contributed by atoms with van der Waals surface area (Å²) < 4.78 is 0.